The van der Waals surface area contributed by atoms with E-state index in [-0.39, 0.29) is 18.3 Å². The fourth-order valence-corrected chi connectivity index (χ4v) is 2.19. The van der Waals surface area contributed by atoms with Crippen LogP contribution >= 0.6 is 0 Å². The second kappa shape index (κ2) is 15.3. The van der Waals surface area contributed by atoms with Crippen LogP contribution in [0.25, 0.3) is 0 Å². The van der Waals surface area contributed by atoms with Crippen molar-refractivity contribution >= 4 is 11.9 Å². The molecule has 1 amide bonds. The summed E-state index contributed by atoms with van der Waals surface area (Å²) >= 11 is 0. The Morgan fingerprint density at radius 2 is 1.38 bits per heavy atom. The van der Waals surface area contributed by atoms with Crippen LogP contribution in [0.4, 0.5) is 0 Å². The Morgan fingerprint density at radius 1 is 0.857 bits per heavy atom. The molecule has 0 rings (SSSR count). The molecule has 0 atom stereocenters. The summed E-state index contributed by atoms with van der Waals surface area (Å²) in [6.07, 6.45) is 13.0. The standard InChI is InChI=1S/C17H33NO3/c1-3-4-5-6-7-8-9-10-11-12-15-21-17(20)13-14-18-16(2)19/h3-15H2,1-2H3,(H,18,19). The minimum atomic E-state index is -0.223. The second-order valence-corrected chi connectivity index (χ2v) is 5.64. The zero-order chi connectivity index (χ0) is 15.8. The molecule has 21 heavy (non-hydrogen) atoms. The predicted octanol–water partition coefficient (Wildman–Crippen LogP) is 3.98. The lowest BCUT2D eigenvalue weighted by Gasteiger charge is -2.05. The van der Waals surface area contributed by atoms with Crippen molar-refractivity contribution in [3.63, 3.8) is 0 Å². The summed E-state index contributed by atoms with van der Waals surface area (Å²) in [6, 6.07) is 0. The van der Waals surface area contributed by atoms with E-state index in [1.165, 1.54) is 58.3 Å². The van der Waals surface area contributed by atoms with Gasteiger partial charge in [0.2, 0.25) is 5.91 Å². The third kappa shape index (κ3) is 16.9. The summed E-state index contributed by atoms with van der Waals surface area (Å²) < 4.78 is 5.11. The second-order valence-electron chi connectivity index (χ2n) is 5.64. The van der Waals surface area contributed by atoms with Gasteiger partial charge in [0.05, 0.1) is 13.0 Å². The Bertz CT molecular complexity index is 267. The number of carbonyl (C=O) groups is 2. The number of hydrogen-bond donors (Lipinski definition) is 1. The van der Waals surface area contributed by atoms with Gasteiger partial charge in [-0.2, -0.15) is 0 Å². The van der Waals surface area contributed by atoms with Gasteiger partial charge in [0.25, 0.3) is 0 Å². The summed E-state index contributed by atoms with van der Waals surface area (Å²) in [5.41, 5.74) is 0. The molecule has 0 fully saturated rings. The molecule has 1 N–H and O–H groups in total. The van der Waals surface area contributed by atoms with E-state index in [1.54, 1.807) is 0 Å². The zero-order valence-corrected chi connectivity index (χ0v) is 13.9. The molecule has 0 heterocycles. The van der Waals surface area contributed by atoms with Crippen molar-refractivity contribution in [1.29, 1.82) is 0 Å². The molecule has 0 radical (unpaired) electrons. The molecule has 0 saturated heterocycles. The van der Waals surface area contributed by atoms with E-state index in [0.29, 0.717) is 13.2 Å². The van der Waals surface area contributed by atoms with Crippen molar-refractivity contribution in [3.05, 3.63) is 0 Å². The smallest absolute Gasteiger partial charge is 0.307 e. The first kappa shape index (κ1) is 19.9. The van der Waals surface area contributed by atoms with Crippen LogP contribution < -0.4 is 5.32 Å². The van der Waals surface area contributed by atoms with Gasteiger partial charge in [0.15, 0.2) is 0 Å². The van der Waals surface area contributed by atoms with Gasteiger partial charge >= 0.3 is 5.97 Å². The Balaban J connectivity index is 3.14. The number of amides is 1. The average Bonchev–Trinajstić information content (AvgIpc) is 2.44. The van der Waals surface area contributed by atoms with Gasteiger partial charge in [-0.3, -0.25) is 9.59 Å². The third-order valence-corrected chi connectivity index (χ3v) is 3.46. The van der Waals surface area contributed by atoms with Crippen molar-refractivity contribution in [1.82, 2.24) is 5.32 Å². The summed E-state index contributed by atoms with van der Waals surface area (Å²) in [4.78, 5) is 21.9. The van der Waals surface area contributed by atoms with Crippen LogP contribution in [0.1, 0.15) is 84.5 Å². The minimum Gasteiger partial charge on any atom is -0.466 e. The highest BCUT2D eigenvalue weighted by Crippen LogP contribution is 2.10. The number of nitrogens with one attached hydrogen (secondary N) is 1. The van der Waals surface area contributed by atoms with E-state index >= 15 is 0 Å². The highest BCUT2D eigenvalue weighted by molar-refractivity contribution is 5.74. The Labute approximate surface area is 130 Å². The van der Waals surface area contributed by atoms with Crippen molar-refractivity contribution in [3.8, 4) is 0 Å². The van der Waals surface area contributed by atoms with E-state index in [9.17, 15) is 9.59 Å². The van der Waals surface area contributed by atoms with Crippen LogP contribution in [0.3, 0.4) is 0 Å². The largest absolute Gasteiger partial charge is 0.466 e. The summed E-state index contributed by atoms with van der Waals surface area (Å²) in [5.74, 6) is -0.336. The number of hydrogen-bond acceptors (Lipinski definition) is 3. The van der Waals surface area contributed by atoms with Gasteiger partial charge in [-0.15, -0.1) is 0 Å². The summed E-state index contributed by atoms with van der Waals surface area (Å²) in [7, 11) is 0. The van der Waals surface area contributed by atoms with E-state index in [0.717, 1.165) is 12.8 Å². The fraction of sp³-hybridized carbons (Fsp3) is 0.882. The first-order chi connectivity index (χ1) is 10.2. The first-order valence-corrected chi connectivity index (χ1v) is 8.57. The van der Waals surface area contributed by atoms with Crippen LogP contribution in [0.2, 0.25) is 0 Å². The van der Waals surface area contributed by atoms with Crippen LogP contribution in [-0.4, -0.2) is 25.0 Å². The number of rotatable bonds is 14. The number of ether oxygens (including phenoxy) is 1. The molecular weight excluding hydrogens is 266 g/mol. The van der Waals surface area contributed by atoms with E-state index in [4.69, 9.17) is 4.74 Å². The Morgan fingerprint density at radius 3 is 1.90 bits per heavy atom. The lowest BCUT2D eigenvalue weighted by atomic mass is 10.1. The maximum atomic E-state index is 11.3. The highest BCUT2D eigenvalue weighted by Gasteiger charge is 2.02. The minimum absolute atomic E-state index is 0.113. The number of unbranched alkanes of at least 4 members (excludes halogenated alkanes) is 9. The predicted molar refractivity (Wildman–Crippen MR) is 86.1 cm³/mol. The van der Waals surface area contributed by atoms with Crippen LogP contribution in [0.5, 0.6) is 0 Å². The van der Waals surface area contributed by atoms with Crippen molar-refractivity contribution in [2.45, 2.75) is 84.5 Å². The maximum absolute atomic E-state index is 11.3. The van der Waals surface area contributed by atoms with Crippen LogP contribution in [0, 0.1) is 0 Å². The van der Waals surface area contributed by atoms with E-state index in [2.05, 4.69) is 12.2 Å². The van der Waals surface area contributed by atoms with Crippen molar-refractivity contribution < 1.29 is 14.3 Å². The Hall–Kier alpha value is -1.06. The van der Waals surface area contributed by atoms with Crippen LogP contribution in [-0.2, 0) is 14.3 Å². The molecule has 0 aliphatic rings. The molecule has 4 heteroatoms. The quantitative estimate of drug-likeness (QED) is 0.390. The lowest BCUT2D eigenvalue weighted by molar-refractivity contribution is -0.143. The molecule has 0 bridgehead atoms. The zero-order valence-electron chi connectivity index (χ0n) is 13.9. The topological polar surface area (TPSA) is 55.4 Å². The van der Waals surface area contributed by atoms with Gasteiger partial charge in [-0.1, -0.05) is 64.7 Å². The molecule has 4 nitrogen and oxygen atoms in total. The molecule has 0 aromatic heterocycles. The summed E-state index contributed by atoms with van der Waals surface area (Å²) in [5, 5.41) is 2.58. The summed E-state index contributed by atoms with van der Waals surface area (Å²) in [6.45, 7) is 4.56. The molecule has 124 valence electrons. The normalized spacial score (nSPS) is 10.4. The molecule has 0 aliphatic heterocycles. The average molecular weight is 299 g/mol. The van der Waals surface area contributed by atoms with Gasteiger partial charge < -0.3 is 10.1 Å². The Kier molecular flexibility index (Phi) is 14.6. The van der Waals surface area contributed by atoms with Crippen molar-refractivity contribution in [2.24, 2.45) is 0 Å². The molecule has 0 unspecified atom stereocenters. The lowest BCUT2D eigenvalue weighted by Crippen LogP contribution is -2.23. The van der Waals surface area contributed by atoms with Gasteiger partial charge in [0.1, 0.15) is 0 Å². The SMILES string of the molecule is CCCCCCCCCCCCOC(=O)CCNC(C)=O. The maximum Gasteiger partial charge on any atom is 0.307 e. The molecule has 0 aliphatic carbocycles. The molecule has 0 spiro atoms. The van der Waals surface area contributed by atoms with Crippen LogP contribution in [0.15, 0.2) is 0 Å². The van der Waals surface area contributed by atoms with Crippen molar-refractivity contribution in [2.75, 3.05) is 13.2 Å². The number of esters is 1. The van der Waals surface area contributed by atoms with E-state index < -0.39 is 0 Å². The molecular formula is C17H33NO3. The first-order valence-electron chi connectivity index (χ1n) is 8.57. The van der Waals surface area contributed by atoms with Gasteiger partial charge in [-0.25, -0.2) is 0 Å². The van der Waals surface area contributed by atoms with Gasteiger partial charge in [-0.05, 0) is 6.42 Å². The van der Waals surface area contributed by atoms with E-state index in [1.807, 2.05) is 0 Å². The molecule has 0 saturated carbocycles. The third-order valence-electron chi connectivity index (χ3n) is 3.46. The number of carbonyl (C=O) groups excluding carboxylic acids is 2. The van der Waals surface area contributed by atoms with Gasteiger partial charge in [0, 0.05) is 13.5 Å². The fourth-order valence-electron chi connectivity index (χ4n) is 2.19. The molecule has 0 aromatic carbocycles. The monoisotopic (exact) mass is 299 g/mol. The highest BCUT2D eigenvalue weighted by atomic mass is 16.5. The molecule has 0 aromatic rings.